The molecule has 0 radical (unpaired) electrons. The summed E-state index contributed by atoms with van der Waals surface area (Å²) in [6, 6.07) is 14.9. The summed E-state index contributed by atoms with van der Waals surface area (Å²) in [5.41, 5.74) is 2.18. The molecule has 33 heavy (non-hydrogen) atoms. The molecule has 3 heterocycles. The van der Waals surface area contributed by atoms with Gasteiger partial charge in [-0.05, 0) is 54.6 Å². The first kappa shape index (κ1) is 21.6. The highest BCUT2D eigenvalue weighted by Crippen LogP contribution is 2.32. The van der Waals surface area contributed by atoms with E-state index in [1.54, 1.807) is 36.7 Å². The van der Waals surface area contributed by atoms with E-state index < -0.39 is 0 Å². The summed E-state index contributed by atoms with van der Waals surface area (Å²) in [5, 5.41) is 14.2. The van der Waals surface area contributed by atoms with Crippen molar-refractivity contribution in [3.8, 4) is 28.5 Å². The van der Waals surface area contributed by atoms with Gasteiger partial charge in [-0.3, -0.25) is 9.55 Å². The van der Waals surface area contributed by atoms with Crippen LogP contribution in [0.25, 0.3) is 28.5 Å². The molecule has 3 aromatic heterocycles. The fraction of sp³-hybridized carbons (Fsp3) is 0.0455. The Morgan fingerprint density at radius 1 is 0.970 bits per heavy atom. The lowest BCUT2D eigenvalue weighted by atomic mass is 10.2. The minimum Gasteiger partial charge on any atom is -0.334 e. The van der Waals surface area contributed by atoms with Crippen LogP contribution >= 0.6 is 35.0 Å². The number of benzene rings is 2. The van der Waals surface area contributed by atoms with Crippen molar-refractivity contribution in [2.24, 2.45) is 0 Å². The van der Waals surface area contributed by atoms with E-state index >= 15 is 0 Å². The zero-order valence-corrected chi connectivity index (χ0v) is 19.0. The Balaban J connectivity index is 1.45. The predicted octanol–water partition coefficient (Wildman–Crippen LogP) is 6.12. The summed E-state index contributed by atoms with van der Waals surface area (Å²) in [4.78, 5) is 8.57. The monoisotopic (exact) mass is 498 g/mol. The molecule has 0 spiro atoms. The van der Waals surface area contributed by atoms with Gasteiger partial charge < -0.3 is 4.52 Å². The van der Waals surface area contributed by atoms with Crippen molar-refractivity contribution < 1.29 is 8.91 Å². The lowest BCUT2D eigenvalue weighted by Crippen LogP contribution is -2.00. The third-order valence-electron chi connectivity index (χ3n) is 4.60. The first-order chi connectivity index (χ1) is 16.1. The van der Waals surface area contributed by atoms with Gasteiger partial charge in [0.1, 0.15) is 5.82 Å². The third-order valence-corrected chi connectivity index (χ3v) is 6.27. The number of hydrogen-bond acceptors (Lipinski definition) is 7. The van der Waals surface area contributed by atoms with Gasteiger partial charge in [0, 0.05) is 23.5 Å². The second-order valence-electron chi connectivity index (χ2n) is 6.79. The van der Waals surface area contributed by atoms with Crippen molar-refractivity contribution in [1.82, 2.24) is 29.9 Å². The number of pyridine rings is 1. The molecule has 7 nitrogen and oxygen atoms in total. The second-order valence-corrected chi connectivity index (χ2v) is 8.55. The molecular formula is C22H13Cl2FN6OS. The Kier molecular flexibility index (Phi) is 6.08. The van der Waals surface area contributed by atoms with Crippen molar-refractivity contribution in [1.29, 1.82) is 0 Å². The number of aromatic nitrogens is 6. The Bertz CT molecular complexity index is 1410. The van der Waals surface area contributed by atoms with Crippen molar-refractivity contribution in [2.45, 2.75) is 10.9 Å². The largest absolute Gasteiger partial charge is 0.334 e. The van der Waals surface area contributed by atoms with Crippen LogP contribution in [0.4, 0.5) is 4.39 Å². The Labute approximate surface area is 201 Å². The molecule has 0 amide bonds. The van der Waals surface area contributed by atoms with E-state index in [4.69, 9.17) is 27.7 Å². The quantitative estimate of drug-likeness (QED) is 0.261. The lowest BCUT2D eigenvalue weighted by molar-refractivity contribution is 0.425. The average Bonchev–Trinajstić information content (AvgIpc) is 3.48. The molecule has 0 aliphatic rings. The van der Waals surface area contributed by atoms with Crippen LogP contribution in [0.1, 0.15) is 5.82 Å². The molecule has 164 valence electrons. The molecule has 5 aromatic rings. The molecule has 0 unspecified atom stereocenters. The zero-order chi connectivity index (χ0) is 22.8. The normalized spacial score (nSPS) is 11.1. The highest BCUT2D eigenvalue weighted by atomic mass is 35.5. The summed E-state index contributed by atoms with van der Waals surface area (Å²) in [6.07, 6.45) is 3.40. The van der Waals surface area contributed by atoms with Gasteiger partial charge in [0.05, 0.1) is 21.5 Å². The fourth-order valence-electron chi connectivity index (χ4n) is 3.05. The maximum Gasteiger partial charge on any atom is 0.257 e. The van der Waals surface area contributed by atoms with Crippen LogP contribution in [0.5, 0.6) is 0 Å². The first-order valence-electron chi connectivity index (χ1n) is 9.61. The van der Waals surface area contributed by atoms with Crippen LogP contribution in [0.2, 0.25) is 10.0 Å². The van der Waals surface area contributed by atoms with Crippen LogP contribution in [0.3, 0.4) is 0 Å². The smallest absolute Gasteiger partial charge is 0.257 e. The molecule has 11 heteroatoms. The standard InChI is InChI=1S/C22H13Cl2FN6OS/c23-17-8-7-16(10-18(17)24)31-20(14-2-1-9-26-11-14)28-29-22(31)33-12-19-27-21(32-30-19)13-3-5-15(25)6-4-13/h1-11H,12H2. The number of thioether (sulfide) groups is 1. The van der Waals surface area contributed by atoms with Gasteiger partial charge in [0.2, 0.25) is 0 Å². The lowest BCUT2D eigenvalue weighted by Gasteiger charge is -2.10. The van der Waals surface area contributed by atoms with E-state index in [1.807, 2.05) is 22.8 Å². The van der Waals surface area contributed by atoms with Gasteiger partial charge in [-0.25, -0.2) is 4.39 Å². The summed E-state index contributed by atoms with van der Waals surface area (Å²) in [5.74, 6) is 1.42. The van der Waals surface area contributed by atoms with Gasteiger partial charge in [-0.1, -0.05) is 40.1 Å². The minimum absolute atomic E-state index is 0.313. The molecule has 5 rings (SSSR count). The Morgan fingerprint density at radius 2 is 1.82 bits per heavy atom. The molecule has 2 aromatic carbocycles. The molecule has 0 N–H and O–H groups in total. The molecular weight excluding hydrogens is 486 g/mol. The highest BCUT2D eigenvalue weighted by Gasteiger charge is 2.18. The summed E-state index contributed by atoms with van der Waals surface area (Å²) in [6.45, 7) is 0. The van der Waals surface area contributed by atoms with Gasteiger partial charge in [0.15, 0.2) is 16.8 Å². The van der Waals surface area contributed by atoms with Crippen molar-refractivity contribution in [3.63, 3.8) is 0 Å². The van der Waals surface area contributed by atoms with Crippen LogP contribution < -0.4 is 0 Å². The number of rotatable bonds is 6. The molecule has 0 fully saturated rings. The van der Waals surface area contributed by atoms with E-state index in [1.165, 1.54) is 23.9 Å². The van der Waals surface area contributed by atoms with Crippen molar-refractivity contribution in [3.05, 3.63) is 88.7 Å². The summed E-state index contributed by atoms with van der Waals surface area (Å²) < 4.78 is 20.3. The van der Waals surface area contributed by atoms with E-state index in [9.17, 15) is 4.39 Å². The van der Waals surface area contributed by atoms with Crippen LogP contribution in [0, 0.1) is 5.82 Å². The van der Waals surface area contributed by atoms with Crippen LogP contribution in [-0.4, -0.2) is 29.9 Å². The molecule has 0 aliphatic heterocycles. The molecule has 0 aliphatic carbocycles. The number of hydrogen-bond donors (Lipinski definition) is 0. The Hall–Kier alpha value is -3.27. The van der Waals surface area contributed by atoms with Gasteiger partial charge >= 0.3 is 0 Å². The van der Waals surface area contributed by atoms with Gasteiger partial charge in [-0.15, -0.1) is 10.2 Å². The van der Waals surface area contributed by atoms with Crippen LogP contribution in [0.15, 0.2) is 76.7 Å². The maximum atomic E-state index is 13.2. The first-order valence-corrected chi connectivity index (χ1v) is 11.4. The maximum absolute atomic E-state index is 13.2. The third kappa shape index (κ3) is 4.61. The van der Waals surface area contributed by atoms with Gasteiger partial charge in [-0.2, -0.15) is 4.98 Å². The number of nitrogens with zero attached hydrogens (tertiary/aromatic N) is 6. The predicted molar refractivity (Wildman–Crippen MR) is 124 cm³/mol. The van der Waals surface area contributed by atoms with E-state index in [0.29, 0.717) is 44.1 Å². The molecule has 0 atom stereocenters. The second kappa shape index (κ2) is 9.30. The van der Waals surface area contributed by atoms with Crippen LogP contribution in [-0.2, 0) is 5.75 Å². The summed E-state index contributed by atoms with van der Waals surface area (Å²) in [7, 11) is 0. The zero-order valence-electron chi connectivity index (χ0n) is 16.7. The summed E-state index contributed by atoms with van der Waals surface area (Å²) >= 11 is 13.7. The minimum atomic E-state index is -0.333. The molecule has 0 saturated heterocycles. The molecule has 0 bridgehead atoms. The highest BCUT2D eigenvalue weighted by molar-refractivity contribution is 7.98. The van der Waals surface area contributed by atoms with E-state index in [-0.39, 0.29) is 5.82 Å². The van der Waals surface area contributed by atoms with Gasteiger partial charge in [0.25, 0.3) is 5.89 Å². The van der Waals surface area contributed by atoms with Crippen molar-refractivity contribution in [2.75, 3.05) is 0 Å². The fourth-order valence-corrected chi connectivity index (χ4v) is 4.14. The SMILES string of the molecule is Fc1ccc(-c2nc(CSc3nnc(-c4cccnc4)n3-c3ccc(Cl)c(Cl)c3)no2)cc1. The number of halogens is 3. The Morgan fingerprint density at radius 3 is 2.58 bits per heavy atom. The average molecular weight is 499 g/mol. The van der Waals surface area contributed by atoms with E-state index in [0.717, 1.165) is 11.3 Å². The van der Waals surface area contributed by atoms with E-state index in [2.05, 4.69) is 25.3 Å². The van der Waals surface area contributed by atoms with Crippen molar-refractivity contribution >= 4 is 35.0 Å². The topological polar surface area (TPSA) is 82.5 Å². The molecule has 0 saturated carbocycles.